The van der Waals surface area contributed by atoms with Crippen molar-refractivity contribution in [1.29, 1.82) is 0 Å². The van der Waals surface area contributed by atoms with E-state index < -0.39 is 42.3 Å². The first-order valence-electron chi connectivity index (χ1n) is 11.9. The van der Waals surface area contributed by atoms with Crippen LogP contribution in [0, 0.1) is 17.5 Å². The average Bonchev–Trinajstić information content (AvgIpc) is 2.86. The van der Waals surface area contributed by atoms with Gasteiger partial charge in [0.05, 0.1) is 13.2 Å². The summed E-state index contributed by atoms with van der Waals surface area (Å²) < 4.78 is 102. The van der Waals surface area contributed by atoms with E-state index in [0.717, 1.165) is 24.1 Å². The summed E-state index contributed by atoms with van der Waals surface area (Å²) in [4.78, 5) is 0. The van der Waals surface area contributed by atoms with Crippen molar-refractivity contribution in [2.45, 2.75) is 44.8 Å². The van der Waals surface area contributed by atoms with Gasteiger partial charge in [-0.25, -0.2) is 13.2 Å². The lowest BCUT2D eigenvalue weighted by Gasteiger charge is -2.29. The molecule has 200 valence electrons. The van der Waals surface area contributed by atoms with E-state index in [4.69, 9.17) is 14.2 Å². The zero-order chi connectivity index (χ0) is 26.6. The van der Waals surface area contributed by atoms with Crippen molar-refractivity contribution in [3.63, 3.8) is 0 Å². The first-order valence-corrected chi connectivity index (χ1v) is 11.9. The summed E-state index contributed by atoms with van der Waals surface area (Å²) in [7, 11) is 0. The van der Waals surface area contributed by atoms with Crippen LogP contribution in [-0.2, 0) is 27.1 Å². The second-order valence-electron chi connectivity index (χ2n) is 8.80. The Balaban J connectivity index is 1.42. The molecule has 4 rings (SSSR count). The first-order chi connectivity index (χ1) is 17.6. The molecule has 0 aliphatic carbocycles. The summed E-state index contributed by atoms with van der Waals surface area (Å²) in [6.45, 7) is 1.63. The van der Waals surface area contributed by atoms with Gasteiger partial charge in [-0.05, 0) is 54.0 Å². The summed E-state index contributed by atoms with van der Waals surface area (Å²) in [6.07, 6.45) is -4.34. The van der Waals surface area contributed by atoms with E-state index in [2.05, 4.69) is 4.74 Å². The van der Waals surface area contributed by atoms with Gasteiger partial charge < -0.3 is 18.9 Å². The van der Waals surface area contributed by atoms with Crippen LogP contribution in [0.15, 0.2) is 42.5 Å². The molecule has 0 unspecified atom stereocenters. The molecule has 1 fully saturated rings. The standard InChI is InChI=1S/C27H26F6O4/c1-2-9-34-20-13-35-26(36-14-20)19-7-8-21-18(12-19)6-5-17(24(21)30)4-3-16-10-22(28)25(23(29)11-16)37-15-27(31,32)33/h5-8,10-12,20,26H,2-4,9,13-15H2,1H3. The van der Waals surface area contributed by atoms with Crippen LogP contribution in [0.5, 0.6) is 5.75 Å². The molecule has 0 N–H and O–H groups in total. The predicted molar refractivity (Wildman–Crippen MR) is 124 cm³/mol. The molecule has 0 radical (unpaired) electrons. The highest BCUT2D eigenvalue weighted by Gasteiger charge is 2.30. The maximum absolute atomic E-state index is 15.2. The predicted octanol–water partition coefficient (Wildman–Crippen LogP) is 6.82. The van der Waals surface area contributed by atoms with E-state index in [0.29, 0.717) is 36.2 Å². The van der Waals surface area contributed by atoms with E-state index in [1.165, 1.54) is 0 Å². The lowest BCUT2D eigenvalue weighted by Crippen LogP contribution is -2.33. The van der Waals surface area contributed by atoms with Crippen molar-refractivity contribution >= 4 is 10.8 Å². The van der Waals surface area contributed by atoms with Gasteiger partial charge in [-0.2, -0.15) is 13.2 Å². The topological polar surface area (TPSA) is 36.9 Å². The summed E-state index contributed by atoms with van der Waals surface area (Å²) in [5.74, 6) is -4.06. The molecule has 1 aliphatic rings. The number of alkyl halides is 3. The quantitative estimate of drug-likeness (QED) is 0.286. The summed E-state index contributed by atoms with van der Waals surface area (Å²) in [5.41, 5.74) is 1.24. The molecular weight excluding hydrogens is 502 g/mol. The molecule has 0 spiro atoms. The molecule has 0 bridgehead atoms. The number of halogens is 6. The highest BCUT2D eigenvalue weighted by molar-refractivity contribution is 5.84. The van der Waals surface area contributed by atoms with Crippen LogP contribution in [0.3, 0.4) is 0 Å². The number of ether oxygens (including phenoxy) is 4. The van der Waals surface area contributed by atoms with Crippen LogP contribution in [0.1, 0.15) is 36.3 Å². The third-order valence-corrected chi connectivity index (χ3v) is 5.88. The SMILES string of the molecule is CCCOC1COC(c2ccc3c(F)c(CCc4cc(F)c(OCC(F)(F)F)c(F)c4)ccc3c2)OC1. The molecule has 0 atom stereocenters. The lowest BCUT2D eigenvalue weighted by molar-refractivity contribution is -0.230. The second kappa shape index (κ2) is 11.7. The number of aryl methyl sites for hydroxylation is 2. The average molecular weight is 528 g/mol. The van der Waals surface area contributed by atoms with Gasteiger partial charge in [0.15, 0.2) is 30.3 Å². The minimum Gasteiger partial charge on any atom is -0.478 e. The van der Waals surface area contributed by atoms with Gasteiger partial charge in [0.25, 0.3) is 0 Å². The Labute approximate surface area is 210 Å². The Hall–Kier alpha value is -2.82. The number of hydrogen-bond donors (Lipinski definition) is 0. The van der Waals surface area contributed by atoms with Crippen LogP contribution < -0.4 is 4.74 Å². The Morgan fingerprint density at radius 2 is 1.62 bits per heavy atom. The minimum atomic E-state index is -4.73. The zero-order valence-electron chi connectivity index (χ0n) is 20.0. The van der Waals surface area contributed by atoms with Gasteiger partial charge in [-0.3, -0.25) is 0 Å². The maximum atomic E-state index is 15.2. The highest BCUT2D eigenvalue weighted by atomic mass is 19.4. The minimum absolute atomic E-state index is 0.0684. The molecule has 0 aromatic heterocycles. The maximum Gasteiger partial charge on any atom is 0.422 e. The van der Waals surface area contributed by atoms with Crippen LogP contribution in [-0.4, -0.2) is 38.7 Å². The van der Waals surface area contributed by atoms with Crippen LogP contribution in [0.2, 0.25) is 0 Å². The van der Waals surface area contributed by atoms with Crippen molar-refractivity contribution in [2.75, 3.05) is 26.4 Å². The Kier molecular flexibility index (Phi) is 8.61. The summed E-state index contributed by atoms with van der Waals surface area (Å²) >= 11 is 0. The van der Waals surface area contributed by atoms with Crippen LogP contribution in [0.4, 0.5) is 26.3 Å². The van der Waals surface area contributed by atoms with Crippen molar-refractivity contribution in [3.05, 3.63) is 76.6 Å². The summed E-state index contributed by atoms with van der Waals surface area (Å²) in [5, 5.41) is 1.01. The van der Waals surface area contributed by atoms with Gasteiger partial charge in [0.2, 0.25) is 0 Å². The van der Waals surface area contributed by atoms with Gasteiger partial charge >= 0.3 is 6.18 Å². The Morgan fingerprint density at radius 3 is 2.27 bits per heavy atom. The molecule has 0 saturated carbocycles. The highest BCUT2D eigenvalue weighted by Crippen LogP contribution is 2.30. The van der Waals surface area contributed by atoms with Crippen molar-refractivity contribution < 1.29 is 45.3 Å². The Bertz CT molecular complexity index is 1200. The van der Waals surface area contributed by atoms with Gasteiger partial charge in [-0.1, -0.05) is 31.2 Å². The molecule has 37 heavy (non-hydrogen) atoms. The fourth-order valence-corrected chi connectivity index (χ4v) is 4.08. The number of rotatable bonds is 9. The number of hydrogen-bond acceptors (Lipinski definition) is 4. The van der Waals surface area contributed by atoms with E-state index in [1.54, 1.807) is 30.3 Å². The largest absolute Gasteiger partial charge is 0.478 e. The molecule has 1 heterocycles. The lowest BCUT2D eigenvalue weighted by atomic mass is 9.98. The molecule has 1 saturated heterocycles. The van der Waals surface area contributed by atoms with Crippen LogP contribution in [0.25, 0.3) is 10.8 Å². The van der Waals surface area contributed by atoms with E-state index in [1.807, 2.05) is 6.92 Å². The molecule has 0 amide bonds. The summed E-state index contributed by atoms with van der Waals surface area (Å²) in [6, 6.07) is 10.2. The van der Waals surface area contributed by atoms with E-state index >= 15 is 4.39 Å². The third kappa shape index (κ3) is 6.94. The fraction of sp³-hybridized carbons (Fsp3) is 0.407. The van der Waals surface area contributed by atoms with E-state index in [-0.39, 0.29) is 24.5 Å². The smallest absolute Gasteiger partial charge is 0.422 e. The molecule has 3 aromatic rings. The third-order valence-electron chi connectivity index (χ3n) is 5.88. The fourth-order valence-electron chi connectivity index (χ4n) is 4.08. The normalized spacial score (nSPS) is 18.4. The molecule has 4 nitrogen and oxygen atoms in total. The van der Waals surface area contributed by atoms with Crippen molar-refractivity contribution in [2.24, 2.45) is 0 Å². The molecule has 10 heteroatoms. The molecule has 1 aliphatic heterocycles. The van der Waals surface area contributed by atoms with Crippen LogP contribution >= 0.6 is 0 Å². The molecule has 3 aromatic carbocycles. The number of benzene rings is 3. The second-order valence-corrected chi connectivity index (χ2v) is 8.80. The number of fused-ring (bicyclic) bond motifs is 1. The van der Waals surface area contributed by atoms with E-state index in [9.17, 15) is 22.0 Å². The first kappa shape index (κ1) is 27.2. The molecular formula is C27H26F6O4. The zero-order valence-corrected chi connectivity index (χ0v) is 20.0. The monoisotopic (exact) mass is 528 g/mol. The Morgan fingerprint density at radius 1 is 0.919 bits per heavy atom. The van der Waals surface area contributed by atoms with Gasteiger partial charge in [0, 0.05) is 17.6 Å². The van der Waals surface area contributed by atoms with Gasteiger partial charge in [0.1, 0.15) is 11.9 Å². The van der Waals surface area contributed by atoms with Crippen molar-refractivity contribution in [1.82, 2.24) is 0 Å². The van der Waals surface area contributed by atoms with Gasteiger partial charge in [-0.15, -0.1) is 0 Å². The van der Waals surface area contributed by atoms with Crippen molar-refractivity contribution in [3.8, 4) is 5.75 Å².